The number of benzene rings is 2. The molecule has 0 unspecified atom stereocenters. The van der Waals surface area contributed by atoms with E-state index in [1.165, 1.54) is 17.7 Å². The van der Waals surface area contributed by atoms with Crippen LogP contribution in [0.3, 0.4) is 0 Å². The topological polar surface area (TPSA) is 58.5 Å². The molecule has 1 aliphatic carbocycles. The van der Waals surface area contributed by atoms with Gasteiger partial charge in [0.2, 0.25) is 0 Å². The highest BCUT2D eigenvalue weighted by Crippen LogP contribution is 2.22. The number of rotatable bonds is 3. The Labute approximate surface area is 132 Å². The van der Waals surface area contributed by atoms with Crippen LogP contribution < -0.4 is 4.83 Å². The number of nitrogens with zero attached hydrogens (tertiary/aromatic N) is 1. The number of sulfonamides is 1. The molecule has 0 saturated heterocycles. The molecule has 0 spiro atoms. The summed E-state index contributed by atoms with van der Waals surface area (Å²) in [4.78, 5) is 2.52. The van der Waals surface area contributed by atoms with Crippen LogP contribution in [0.15, 0.2) is 63.0 Å². The van der Waals surface area contributed by atoms with Crippen molar-refractivity contribution in [2.75, 3.05) is 0 Å². The zero-order chi connectivity index (χ0) is 14.9. The van der Waals surface area contributed by atoms with Gasteiger partial charge in [0.25, 0.3) is 10.0 Å². The number of aryl methyl sites for hydroxylation is 1. The first-order valence-corrected chi connectivity index (χ1v) is 8.76. The summed E-state index contributed by atoms with van der Waals surface area (Å²) in [7, 11) is -3.63. The normalized spacial score (nSPS) is 16.0. The van der Waals surface area contributed by atoms with Gasteiger partial charge in [0.05, 0.1) is 10.6 Å². The highest BCUT2D eigenvalue weighted by molar-refractivity contribution is 9.10. The molecule has 0 atom stereocenters. The summed E-state index contributed by atoms with van der Waals surface area (Å²) < 4.78 is 25.2. The Hall–Kier alpha value is -1.66. The molecule has 0 fully saturated rings. The number of nitrogens with one attached hydrogen (secondary N) is 1. The zero-order valence-electron chi connectivity index (χ0n) is 11.1. The van der Waals surface area contributed by atoms with Crippen molar-refractivity contribution in [2.45, 2.75) is 17.7 Å². The summed E-state index contributed by atoms with van der Waals surface area (Å²) in [6, 6.07) is 14.4. The summed E-state index contributed by atoms with van der Waals surface area (Å²) in [6.07, 6.45) is 1.65. The molecular weight excluding hydrogens is 352 g/mol. The maximum absolute atomic E-state index is 12.2. The largest absolute Gasteiger partial charge is 0.276 e. The Morgan fingerprint density at radius 3 is 2.48 bits per heavy atom. The molecule has 0 bridgehead atoms. The fourth-order valence-corrected chi connectivity index (χ4v) is 3.40. The molecule has 2 aromatic carbocycles. The molecule has 3 rings (SSSR count). The molecule has 0 aliphatic heterocycles. The molecule has 0 heterocycles. The molecular formula is C15H13BrN2O2S. The summed E-state index contributed by atoms with van der Waals surface area (Å²) >= 11 is 3.28. The van der Waals surface area contributed by atoms with Crippen LogP contribution in [0, 0.1) is 0 Å². The van der Waals surface area contributed by atoms with E-state index < -0.39 is 10.0 Å². The second-order valence-electron chi connectivity index (χ2n) is 4.76. The van der Waals surface area contributed by atoms with Gasteiger partial charge in [-0.1, -0.05) is 40.2 Å². The van der Waals surface area contributed by atoms with Gasteiger partial charge in [-0.25, -0.2) is 0 Å². The smallest absolute Gasteiger partial charge is 0.200 e. The second kappa shape index (κ2) is 5.61. The van der Waals surface area contributed by atoms with E-state index in [9.17, 15) is 8.42 Å². The molecule has 0 saturated carbocycles. The van der Waals surface area contributed by atoms with E-state index in [0.29, 0.717) is 0 Å². The van der Waals surface area contributed by atoms with Gasteiger partial charge in [-0.15, -0.1) is 0 Å². The van der Waals surface area contributed by atoms with E-state index in [1.807, 2.05) is 24.3 Å². The van der Waals surface area contributed by atoms with E-state index in [4.69, 9.17) is 0 Å². The highest BCUT2D eigenvalue weighted by atomic mass is 79.9. The van der Waals surface area contributed by atoms with Crippen molar-refractivity contribution in [3.8, 4) is 0 Å². The van der Waals surface area contributed by atoms with Gasteiger partial charge >= 0.3 is 0 Å². The lowest BCUT2D eigenvalue weighted by Gasteiger charge is -2.05. The van der Waals surface area contributed by atoms with Gasteiger partial charge in [0, 0.05) is 10.0 Å². The number of hydrogen-bond acceptors (Lipinski definition) is 3. The summed E-state index contributed by atoms with van der Waals surface area (Å²) in [5.74, 6) is 0. The summed E-state index contributed by atoms with van der Waals surface area (Å²) in [5.41, 5.74) is 3.02. The Morgan fingerprint density at radius 1 is 1.00 bits per heavy atom. The average molecular weight is 365 g/mol. The molecule has 0 aromatic heterocycles. The molecule has 4 nitrogen and oxygen atoms in total. The molecule has 21 heavy (non-hydrogen) atoms. The van der Waals surface area contributed by atoms with Crippen molar-refractivity contribution in [1.82, 2.24) is 4.83 Å². The van der Waals surface area contributed by atoms with Gasteiger partial charge < -0.3 is 0 Å². The Bertz CT molecular complexity index is 799. The van der Waals surface area contributed by atoms with Crippen LogP contribution in [-0.2, 0) is 16.4 Å². The van der Waals surface area contributed by atoms with Crippen LogP contribution in [0.5, 0.6) is 0 Å². The number of hydrazone groups is 1. The SMILES string of the molecule is O=S(=O)(N/N=C1/CCc2ccccc21)c1ccc(Br)cc1. The fourth-order valence-electron chi connectivity index (χ4n) is 2.31. The van der Waals surface area contributed by atoms with Crippen molar-refractivity contribution >= 4 is 31.7 Å². The van der Waals surface area contributed by atoms with Gasteiger partial charge in [-0.05, 0) is 42.7 Å². The van der Waals surface area contributed by atoms with Crippen molar-refractivity contribution in [1.29, 1.82) is 0 Å². The highest BCUT2D eigenvalue weighted by Gasteiger charge is 2.18. The second-order valence-corrected chi connectivity index (χ2v) is 7.34. The standard InChI is InChI=1S/C15H13BrN2O2S/c16-12-6-8-13(9-7-12)21(19,20)18-17-15-10-5-11-3-1-2-4-14(11)15/h1-4,6-9,18H,5,10H2/b17-15-. The van der Waals surface area contributed by atoms with Crippen molar-refractivity contribution in [3.63, 3.8) is 0 Å². The van der Waals surface area contributed by atoms with Gasteiger partial charge in [-0.3, -0.25) is 0 Å². The van der Waals surface area contributed by atoms with Gasteiger partial charge in [-0.2, -0.15) is 18.4 Å². The van der Waals surface area contributed by atoms with E-state index in [1.54, 1.807) is 12.1 Å². The van der Waals surface area contributed by atoms with Crippen LogP contribution in [0.2, 0.25) is 0 Å². The molecule has 1 aliphatic rings. The van der Waals surface area contributed by atoms with Gasteiger partial charge in [0.1, 0.15) is 0 Å². The molecule has 0 amide bonds. The number of hydrogen-bond donors (Lipinski definition) is 1. The van der Waals surface area contributed by atoms with E-state index in [-0.39, 0.29) is 4.90 Å². The van der Waals surface area contributed by atoms with Crippen molar-refractivity contribution in [2.24, 2.45) is 5.10 Å². The third-order valence-corrected chi connectivity index (χ3v) is 5.14. The number of fused-ring (bicyclic) bond motifs is 1. The minimum Gasteiger partial charge on any atom is -0.200 e. The lowest BCUT2D eigenvalue weighted by atomic mass is 10.1. The van der Waals surface area contributed by atoms with Crippen LogP contribution in [0.4, 0.5) is 0 Å². The van der Waals surface area contributed by atoms with Crippen LogP contribution in [-0.4, -0.2) is 14.1 Å². The third kappa shape index (κ3) is 3.01. The minimum absolute atomic E-state index is 0.196. The van der Waals surface area contributed by atoms with Crippen LogP contribution in [0.1, 0.15) is 17.5 Å². The van der Waals surface area contributed by atoms with Crippen molar-refractivity contribution < 1.29 is 8.42 Å². The van der Waals surface area contributed by atoms with E-state index in [2.05, 4.69) is 25.9 Å². The third-order valence-electron chi connectivity index (χ3n) is 3.38. The Kier molecular flexibility index (Phi) is 3.82. The first-order valence-electron chi connectivity index (χ1n) is 6.48. The fraction of sp³-hybridized carbons (Fsp3) is 0.133. The number of halogens is 1. The monoisotopic (exact) mass is 364 g/mol. The zero-order valence-corrected chi connectivity index (χ0v) is 13.5. The first-order chi connectivity index (χ1) is 10.1. The van der Waals surface area contributed by atoms with E-state index >= 15 is 0 Å². The summed E-state index contributed by atoms with van der Waals surface area (Å²) in [6.45, 7) is 0. The van der Waals surface area contributed by atoms with Gasteiger partial charge in [0.15, 0.2) is 0 Å². The van der Waals surface area contributed by atoms with Crippen LogP contribution in [0.25, 0.3) is 0 Å². The van der Waals surface area contributed by atoms with E-state index in [0.717, 1.165) is 28.6 Å². The summed E-state index contributed by atoms with van der Waals surface area (Å²) in [5, 5.41) is 4.10. The van der Waals surface area contributed by atoms with Crippen molar-refractivity contribution in [3.05, 3.63) is 64.1 Å². The lowest BCUT2D eigenvalue weighted by molar-refractivity contribution is 0.584. The molecule has 0 radical (unpaired) electrons. The predicted molar refractivity (Wildman–Crippen MR) is 85.8 cm³/mol. The Balaban J connectivity index is 1.85. The molecule has 108 valence electrons. The molecule has 1 N–H and O–H groups in total. The maximum atomic E-state index is 12.2. The predicted octanol–water partition coefficient (Wildman–Crippen LogP) is 3.08. The lowest BCUT2D eigenvalue weighted by Crippen LogP contribution is -2.20. The maximum Gasteiger partial charge on any atom is 0.276 e. The molecule has 2 aromatic rings. The average Bonchev–Trinajstić information content (AvgIpc) is 2.89. The first kappa shape index (κ1) is 14.3. The quantitative estimate of drug-likeness (QED) is 0.850. The Morgan fingerprint density at radius 2 is 1.71 bits per heavy atom. The molecule has 6 heteroatoms. The van der Waals surface area contributed by atoms with Crippen LogP contribution >= 0.6 is 15.9 Å². The minimum atomic E-state index is -3.63.